The Morgan fingerprint density at radius 2 is 2.00 bits per heavy atom. The molecule has 0 aliphatic carbocycles. The molecule has 0 radical (unpaired) electrons. The maximum absolute atomic E-state index is 13.5. The minimum atomic E-state index is -0.834. The Bertz CT molecular complexity index is 492. The van der Waals surface area contributed by atoms with E-state index in [0.717, 1.165) is 0 Å². The molecule has 116 valence electrons. The van der Waals surface area contributed by atoms with Crippen molar-refractivity contribution in [3.8, 4) is 5.75 Å². The molecule has 0 aliphatic rings. The van der Waals surface area contributed by atoms with E-state index in [4.69, 9.17) is 4.74 Å². The molecule has 21 heavy (non-hydrogen) atoms. The summed E-state index contributed by atoms with van der Waals surface area (Å²) in [5, 5.41) is 0. The molecule has 0 spiro atoms. The number of ether oxygens (including phenoxy) is 2. The van der Waals surface area contributed by atoms with E-state index in [0.29, 0.717) is 6.54 Å². The molecular weight excluding hydrogens is 277 g/mol. The molecule has 0 N–H and O–H groups in total. The maximum Gasteiger partial charge on any atom is 0.307 e. The third kappa shape index (κ3) is 5.06. The lowest BCUT2D eigenvalue weighted by molar-refractivity contribution is -0.143. The lowest BCUT2D eigenvalue weighted by Crippen LogP contribution is -2.41. The molecule has 0 fully saturated rings. The van der Waals surface area contributed by atoms with Crippen LogP contribution in [0.1, 0.15) is 20.3 Å². The first kappa shape index (κ1) is 16.9. The first-order valence-corrected chi connectivity index (χ1v) is 6.76. The van der Waals surface area contributed by atoms with Gasteiger partial charge in [-0.15, -0.1) is 0 Å². The van der Waals surface area contributed by atoms with Gasteiger partial charge in [-0.2, -0.15) is 0 Å². The van der Waals surface area contributed by atoms with Crippen LogP contribution >= 0.6 is 0 Å². The Morgan fingerprint density at radius 3 is 2.57 bits per heavy atom. The number of rotatable bonds is 7. The van der Waals surface area contributed by atoms with Crippen LogP contribution in [0.5, 0.6) is 5.75 Å². The fourth-order valence-corrected chi connectivity index (χ4v) is 1.79. The quantitative estimate of drug-likeness (QED) is 0.722. The summed E-state index contributed by atoms with van der Waals surface area (Å²) in [7, 11) is 1.30. The number of halogens is 1. The summed E-state index contributed by atoms with van der Waals surface area (Å²) in [6.07, 6.45) is -0.720. The summed E-state index contributed by atoms with van der Waals surface area (Å²) in [4.78, 5) is 24.8. The van der Waals surface area contributed by atoms with E-state index in [1.807, 2.05) is 0 Å². The van der Waals surface area contributed by atoms with Crippen LogP contribution < -0.4 is 4.74 Å². The van der Waals surface area contributed by atoms with Crippen LogP contribution in [0, 0.1) is 5.82 Å². The van der Waals surface area contributed by atoms with Crippen molar-refractivity contribution in [1.29, 1.82) is 0 Å². The topological polar surface area (TPSA) is 55.8 Å². The summed E-state index contributed by atoms with van der Waals surface area (Å²) in [5.74, 6) is -1.18. The van der Waals surface area contributed by atoms with Crippen molar-refractivity contribution in [2.75, 3.05) is 20.2 Å². The second-order valence-electron chi connectivity index (χ2n) is 4.43. The molecule has 6 heteroatoms. The highest BCUT2D eigenvalue weighted by Gasteiger charge is 2.22. The van der Waals surface area contributed by atoms with E-state index in [1.165, 1.54) is 24.1 Å². The van der Waals surface area contributed by atoms with Crippen LogP contribution in [0.2, 0.25) is 0 Å². The highest BCUT2D eigenvalue weighted by atomic mass is 19.1. The SMILES string of the molecule is CCN(CCC(=O)OC)C(=O)C(C)Oc1ccccc1F. The van der Waals surface area contributed by atoms with Crippen molar-refractivity contribution < 1.29 is 23.5 Å². The standard InChI is InChI=1S/C15H20FNO4/c1-4-17(10-9-14(18)20-3)15(19)11(2)21-13-8-6-5-7-12(13)16/h5-8,11H,4,9-10H2,1-3H3. The zero-order chi connectivity index (χ0) is 15.8. The van der Waals surface area contributed by atoms with Crippen molar-refractivity contribution in [2.45, 2.75) is 26.4 Å². The Kier molecular flexibility index (Phi) is 6.65. The van der Waals surface area contributed by atoms with E-state index in [9.17, 15) is 14.0 Å². The minimum absolute atomic E-state index is 0.0300. The molecule has 1 aromatic rings. The van der Waals surface area contributed by atoms with Gasteiger partial charge in [0.05, 0.1) is 13.5 Å². The van der Waals surface area contributed by atoms with Crippen LogP contribution in [-0.4, -0.2) is 43.1 Å². The summed E-state index contributed by atoms with van der Waals surface area (Å²) in [6, 6.07) is 5.90. The third-order valence-corrected chi connectivity index (χ3v) is 3.00. The first-order valence-electron chi connectivity index (χ1n) is 6.76. The van der Waals surface area contributed by atoms with E-state index in [-0.39, 0.29) is 30.6 Å². The van der Waals surface area contributed by atoms with Crippen LogP contribution in [0.4, 0.5) is 4.39 Å². The molecule has 1 unspecified atom stereocenters. The number of methoxy groups -OCH3 is 1. The van der Waals surface area contributed by atoms with Gasteiger partial charge in [0.15, 0.2) is 17.7 Å². The number of hydrogen-bond acceptors (Lipinski definition) is 4. The number of para-hydroxylation sites is 1. The smallest absolute Gasteiger partial charge is 0.307 e. The molecule has 1 atom stereocenters. The first-order chi connectivity index (χ1) is 9.99. The van der Waals surface area contributed by atoms with E-state index in [2.05, 4.69) is 4.74 Å². The predicted octanol–water partition coefficient (Wildman–Crippen LogP) is 2.00. The number of carbonyl (C=O) groups excluding carboxylic acids is 2. The molecule has 0 heterocycles. The number of esters is 1. The molecule has 0 saturated heterocycles. The van der Waals surface area contributed by atoms with Gasteiger partial charge in [-0.1, -0.05) is 12.1 Å². The molecule has 0 aliphatic heterocycles. The molecule has 1 aromatic carbocycles. The molecule has 1 amide bonds. The number of amides is 1. The highest BCUT2D eigenvalue weighted by Crippen LogP contribution is 2.17. The Labute approximate surface area is 123 Å². The van der Waals surface area contributed by atoms with Gasteiger partial charge in [-0.25, -0.2) is 4.39 Å². The average Bonchev–Trinajstić information content (AvgIpc) is 2.49. The van der Waals surface area contributed by atoms with Gasteiger partial charge in [0.2, 0.25) is 0 Å². The largest absolute Gasteiger partial charge is 0.478 e. The van der Waals surface area contributed by atoms with Crippen molar-refractivity contribution in [2.24, 2.45) is 0 Å². The second kappa shape index (κ2) is 8.24. The third-order valence-electron chi connectivity index (χ3n) is 3.00. The van der Waals surface area contributed by atoms with E-state index < -0.39 is 11.9 Å². The Hall–Kier alpha value is -2.11. The molecule has 5 nitrogen and oxygen atoms in total. The Balaban J connectivity index is 2.62. The fourth-order valence-electron chi connectivity index (χ4n) is 1.79. The van der Waals surface area contributed by atoms with Gasteiger partial charge in [-0.05, 0) is 26.0 Å². The van der Waals surface area contributed by atoms with Crippen molar-refractivity contribution in [3.05, 3.63) is 30.1 Å². The number of benzene rings is 1. The monoisotopic (exact) mass is 297 g/mol. The van der Waals surface area contributed by atoms with Crippen LogP contribution in [0.25, 0.3) is 0 Å². The molecule has 0 bridgehead atoms. The number of nitrogens with zero attached hydrogens (tertiary/aromatic N) is 1. The Morgan fingerprint density at radius 1 is 1.33 bits per heavy atom. The van der Waals surface area contributed by atoms with Gasteiger partial charge in [0, 0.05) is 13.1 Å². The summed E-state index contributed by atoms with van der Waals surface area (Å²) in [6.45, 7) is 4.02. The van der Waals surface area contributed by atoms with Crippen molar-refractivity contribution >= 4 is 11.9 Å². The molecule has 0 aromatic heterocycles. The summed E-state index contributed by atoms with van der Waals surface area (Å²) in [5.41, 5.74) is 0. The number of likely N-dealkylation sites (N-methyl/N-ethyl adjacent to an activating group) is 1. The lowest BCUT2D eigenvalue weighted by atomic mass is 10.3. The minimum Gasteiger partial charge on any atom is -0.478 e. The van der Waals surface area contributed by atoms with Gasteiger partial charge >= 0.3 is 5.97 Å². The van der Waals surface area contributed by atoms with Crippen LogP contribution in [0.3, 0.4) is 0 Å². The van der Waals surface area contributed by atoms with Crippen LogP contribution in [-0.2, 0) is 14.3 Å². The number of carbonyl (C=O) groups is 2. The molecular formula is C15H20FNO4. The van der Waals surface area contributed by atoms with Gasteiger partial charge in [0.25, 0.3) is 5.91 Å². The zero-order valence-corrected chi connectivity index (χ0v) is 12.5. The summed E-state index contributed by atoms with van der Waals surface area (Å²) < 4.78 is 23.4. The highest BCUT2D eigenvalue weighted by molar-refractivity contribution is 5.81. The van der Waals surface area contributed by atoms with E-state index in [1.54, 1.807) is 26.0 Å². The molecule has 1 rings (SSSR count). The maximum atomic E-state index is 13.5. The number of hydrogen-bond donors (Lipinski definition) is 0. The predicted molar refractivity (Wildman–Crippen MR) is 75.4 cm³/mol. The van der Waals surface area contributed by atoms with Crippen LogP contribution in [0.15, 0.2) is 24.3 Å². The molecule has 0 saturated carbocycles. The fraction of sp³-hybridized carbons (Fsp3) is 0.467. The van der Waals surface area contributed by atoms with Gasteiger partial charge in [0.1, 0.15) is 0 Å². The summed E-state index contributed by atoms with van der Waals surface area (Å²) >= 11 is 0. The van der Waals surface area contributed by atoms with E-state index >= 15 is 0 Å². The zero-order valence-electron chi connectivity index (χ0n) is 12.5. The van der Waals surface area contributed by atoms with Crippen molar-refractivity contribution in [1.82, 2.24) is 4.90 Å². The second-order valence-corrected chi connectivity index (χ2v) is 4.43. The van der Waals surface area contributed by atoms with Crippen molar-refractivity contribution in [3.63, 3.8) is 0 Å². The normalized spacial score (nSPS) is 11.6. The average molecular weight is 297 g/mol. The van der Waals surface area contributed by atoms with Gasteiger partial charge in [-0.3, -0.25) is 9.59 Å². The lowest BCUT2D eigenvalue weighted by Gasteiger charge is -2.24. The van der Waals surface area contributed by atoms with Gasteiger partial charge < -0.3 is 14.4 Å².